The average molecular weight is 345 g/mol. The minimum Gasteiger partial charge on any atom is -0.455 e. The zero-order valence-corrected chi connectivity index (χ0v) is 13.7. The van der Waals surface area contributed by atoms with Crippen molar-refractivity contribution in [2.75, 3.05) is 11.9 Å². The van der Waals surface area contributed by atoms with Gasteiger partial charge in [0.15, 0.2) is 5.75 Å². The van der Waals surface area contributed by atoms with Gasteiger partial charge in [0.2, 0.25) is 5.91 Å². The number of halogens is 1. The summed E-state index contributed by atoms with van der Waals surface area (Å²) in [5, 5.41) is 6.76. The van der Waals surface area contributed by atoms with Crippen LogP contribution in [-0.2, 0) is 4.79 Å². The molecule has 0 atom stereocenters. The van der Waals surface area contributed by atoms with E-state index in [1.165, 1.54) is 0 Å². The number of amides is 1. The number of ether oxygens (including phenoxy) is 1. The lowest BCUT2D eigenvalue weighted by Gasteiger charge is -2.12. The molecule has 0 unspecified atom stereocenters. The quantitative estimate of drug-likeness (QED) is 0.294. The lowest BCUT2D eigenvalue weighted by Crippen LogP contribution is -2.12. The first kappa shape index (κ1) is 17.7. The Balaban J connectivity index is 1.99. The van der Waals surface area contributed by atoms with E-state index in [4.69, 9.17) is 21.9 Å². The largest absolute Gasteiger partial charge is 0.455 e. The lowest BCUT2D eigenvalue weighted by atomic mass is 10.2. The number of unbranched alkanes of at least 4 members (excludes halogenated alkanes) is 1. The summed E-state index contributed by atoms with van der Waals surface area (Å²) in [6, 6.07) is 14.4. The molecule has 0 aliphatic heterocycles. The van der Waals surface area contributed by atoms with Gasteiger partial charge in [-0.2, -0.15) is 0 Å². The topological polar surface area (TPSA) is 87.1 Å². The van der Waals surface area contributed by atoms with Crippen molar-refractivity contribution < 1.29 is 9.53 Å². The monoisotopic (exact) mass is 344 g/mol. The second-order valence-electron chi connectivity index (χ2n) is 5.02. The van der Waals surface area contributed by atoms with Crippen molar-refractivity contribution in [2.45, 2.75) is 19.3 Å². The Morgan fingerprint density at radius 1 is 1.21 bits per heavy atom. The maximum atomic E-state index is 12.0. The van der Waals surface area contributed by atoms with Crippen LogP contribution in [0.2, 0.25) is 5.02 Å². The highest BCUT2D eigenvalue weighted by Crippen LogP contribution is 2.32. The van der Waals surface area contributed by atoms with Gasteiger partial charge in [-0.3, -0.25) is 4.79 Å². The molecule has 0 heterocycles. The SMILES string of the molecule is [N-]=[N+]=NCCCCC(=O)Nc1cc(Cl)ccc1Oc1ccccc1. The van der Waals surface area contributed by atoms with E-state index in [0.29, 0.717) is 48.0 Å². The predicted octanol–water partition coefficient (Wildman–Crippen LogP) is 5.55. The van der Waals surface area contributed by atoms with Crippen LogP contribution in [0.4, 0.5) is 5.69 Å². The highest BCUT2D eigenvalue weighted by Gasteiger charge is 2.10. The van der Waals surface area contributed by atoms with E-state index < -0.39 is 0 Å². The molecule has 0 spiro atoms. The van der Waals surface area contributed by atoms with E-state index in [9.17, 15) is 4.79 Å². The fourth-order valence-electron chi connectivity index (χ4n) is 2.03. The van der Waals surface area contributed by atoms with Gasteiger partial charge in [0.1, 0.15) is 5.75 Å². The molecule has 2 aromatic rings. The van der Waals surface area contributed by atoms with Gasteiger partial charge in [-0.1, -0.05) is 34.9 Å². The molecule has 124 valence electrons. The number of rotatable bonds is 8. The van der Waals surface area contributed by atoms with Gasteiger partial charge in [0.25, 0.3) is 0 Å². The number of carbonyl (C=O) groups is 1. The molecule has 1 amide bonds. The number of nitrogens with zero attached hydrogens (tertiary/aromatic N) is 3. The number of azide groups is 1. The first-order chi connectivity index (χ1) is 11.7. The Morgan fingerprint density at radius 2 is 2.00 bits per heavy atom. The molecule has 7 heteroatoms. The van der Waals surface area contributed by atoms with Crippen LogP contribution in [0.1, 0.15) is 19.3 Å². The van der Waals surface area contributed by atoms with Crippen LogP contribution in [-0.4, -0.2) is 12.5 Å². The summed E-state index contributed by atoms with van der Waals surface area (Å²) in [4.78, 5) is 14.7. The van der Waals surface area contributed by atoms with Crippen molar-refractivity contribution >= 4 is 23.2 Å². The van der Waals surface area contributed by atoms with Crippen LogP contribution in [0.3, 0.4) is 0 Å². The second-order valence-corrected chi connectivity index (χ2v) is 5.45. The van der Waals surface area contributed by atoms with Crippen molar-refractivity contribution in [3.8, 4) is 11.5 Å². The van der Waals surface area contributed by atoms with E-state index in [1.807, 2.05) is 30.3 Å². The number of para-hydroxylation sites is 1. The maximum absolute atomic E-state index is 12.0. The van der Waals surface area contributed by atoms with Crippen LogP contribution in [0, 0.1) is 0 Å². The Bertz CT molecular complexity index is 731. The molecule has 0 aromatic heterocycles. The summed E-state index contributed by atoms with van der Waals surface area (Å²) in [5.74, 6) is 1.05. The molecular weight excluding hydrogens is 328 g/mol. The van der Waals surface area contributed by atoms with E-state index in [2.05, 4.69) is 15.3 Å². The van der Waals surface area contributed by atoms with Crippen molar-refractivity contribution in [2.24, 2.45) is 5.11 Å². The van der Waals surface area contributed by atoms with E-state index in [0.717, 1.165) is 0 Å². The zero-order valence-electron chi connectivity index (χ0n) is 13.0. The Labute approximate surface area is 145 Å². The van der Waals surface area contributed by atoms with E-state index >= 15 is 0 Å². The minimum absolute atomic E-state index is 0.142. The standard InChI is InChI=1S/C17H17ClN4O2/c18-13-9-10-16(24-14-6-2-1-3-7-14)15(12-13)21-17(23)8-4-5-11-20-22-19/h1-3,6-7,9-10,12H,4-5,8,11H2,(H,21,23). The van der Waals surface area contributed by atoms with Crippen molar-refractivity contribution in [3.63, 3.8) is 0 Å². The van der Waals surface area contributed by atoms with E-state index in [-0.39, 0.29) is 5.91 Å². The van der Waals surface area contributed by atoms with Gasteiger partial charge >= 0.3 is 0 Å². The predicted molar refractivity (Wildman–Crippen MR) is 94.5 cm³/mol. The summed E-state index contributed by atoms with van der Waals surface area (Å²) >= 11 is 6.01. The van der Waals surface area contributed by atoms with Crippen molar-refractivity contribution in [1.82, 2.24) is 0 Å². The highest BCUT2D eigenvalue weighted by molar-refractivity contribution is 6.31. The minimum atomic E-state index is -0.142. The highest BCUT2D eigenvalue weighted by atomic mass is 35.5. The molecule has 0 saturated heterocycles. The van der Waals surface area contributed by atoms with Crippen LogP contribution < -0.4 is 10.1 Å². The summed E-state index contributed by atoms with van der Waals surface area (Å²) in [6.45, 7) is 0.392. The normalized spacial score (nSPS) is 9.88. The van der Waals surface area contributed by atoms with Crippen LogP contribution >= 0.6 is 11.6 Å². The summed E-state index contributed by atoms with van der Waals surface area (Å²) in [5.41, 5.74) is 8.72. The molecule has 0 aliphatic rings. The molecule has 0 aliphatic carbocycles. The number of nitrogens with one attached hydrogen (secondary N) is 1. The average Bonchev–Trinajstić information content (AvgIpc) is 2.58. The molecule has 0 saturated carbocycles. The molecule has 6 nitrogen and oxygen atoms in total. The van der Waals surface area contributed by atoms with Crippen LogP contribution in [0.25, 0.3) is 10.4 Å². The fraction of sp³-hybridized carbons (Fsp3) is 0.235. The first-order valence-corrected chi connectivity index (χ1v) is 7.90. The molecule has 0 fully saturated rings. The lowest BCUT2D eigenvalue weighted by molar-refractivity contribution is -0.116. The molecule has 2 rings (SSSR count). The van der Waals surface area contributed by atoms with Gasteiger partial charge < -0.3 is 10.1 Å². The molecule has 1 N–H and O–H groups in total. The Kier molecular flexibility index (Phi) is 6.95. The summed E-state index contributed by atoms with van der Waals surface area (Å²) in [6.07, 6.45) is 1.64. The van der Waals surface area contributed by atoms with Crippen LogP contribution in [0.15, 0.2) is 53.6 Å². The summed E-state index contributed by atoms with van der Waals surface area (Å²) < 4.78 is 5.79. The van der Waals surface area contributed by atoms with Gasteiger partial charge in [-0.25, -0.2) is 0 Å². The number of hydrogen-bond donors (Lipinski definition) is 1. The van der Waals surface area contributed by atoms with Crippen LogP contribution in [0.5, 0.6) is 11.5 Å². The number of benzene rings is 2. The number of anilines is 1. The van der Waals surface area contributed by atoms with Gasteiger partial charge in [-0.05, 0) is 48.7 Å². The molecule has 0 bridgehead atoms. The zero-order chi connectivity index (χ0) is 17.2. The number of carbonyl (C=O) groups excluding carboxylic acids is 1. The Hall–Kier alpha value is -2.69. The smallest absolute Gasteiger partial charge is 0.224 e. The third-order valence-electron chi connectivity index (χ3n) is 3.16. The third kappa shape index (κ3) is 5.83. The molecular formula is C17H17ClN4O2. The number of hydrogen-bond acceptors (Lipinski definition) is 3. The fourth-order valence-corrected chi connectivity index (χ4v) is 2.20. The molecule has 2 aromatic carbocycles. The van der Waals surface area contributed by atoms with Gasteiger partial charge in [0.05, 0.1) is 5.69 Å². The summed E-state index contributed by atoms with van der Waals surface area (Å²) in [7, 11) is 0. The Morgan fingerprint density at radius 3 is 2.75 bits per heavy atom. The van der Waals surface area contributed by atoms with Crippen molar-refractivity contribution in [1.29, 1.82) is 0 Å². The molecule has 0 radical (unpaired) electrons. The molecule has 24 heavy (non-hydrogen) atoms. The first-order valence-electron chi connectivity index (χ1n) is 7.52. The van der Waals surface area contributed by atoms with Crippen molar-refractivity contribution in [3.05, 3.63) is 64.0 Å². The van der Waals surface area contributed by atoms with Gasteiger partial charge in [-0.15, -0.1) is 0 Å². The maximum Gasteiger partial charge on any atom is 0.224 e. The van der Waals surface area contributed by atoms with E-state index in [1.54, 1.807) is 18.2 Å². The second kappa shape index (κ2) is 9.45. The third-order valence-corrected chi connectivity index (χ3v) is 3.40. The van der Waals surface area contributed by atoms with Gasteiger partial charge in [0, 0.05) is 22.9 Å².